The van der Waals surface area contributed by atoms with E-state index in [1.54, 1.807) is 18.3 Å². The van der Waals surface area contributed by atoms with Gasteiger partial charge in [0.1, 0.15) is 11.4 Å². The van der Waals surface area contributed by atoms with Gasteiger partial charge in [0.15, 0.2) is 0 Å². The van der Waals surface area contributed by atoms with Gasteiger partial charge in [0.25, 0.3) is 0 Å². The fourth-order valence-electron chi connectivity index (χ4n) is 2.00. The number of hydrogen-bond donors (Lipinski definition) is 1. The summed E-state index contributed by atoms with van der Waals surface area (Å²) in [4.78, 5) is 12.2. The van der Waals surface area contributed by atoms with E-state index in [-0.39, 0.29) is 5.75 Å². The number of phenolic OH excluding ortho intramolecular Hbond substituents is 1. The van der Waals surface area contributed by atoms with Crippen LogP contribution in [-0.4, -0.2) is 21.4 Å². The van der Waals surface area contributed by atoms with Crippen LogP contribution in [-0.2, 0) is 4.74 Å². The minimum atomic E-state index is -0.576. The lowest BCUT2D eigenvalue weighted by atomic mass is 10.1. The zero-order valence-electron chi connectivity index (χ0n) is 12.5. The monoisotopic (exact) mass is 351 g/mol. The summed E-state index contributed by atoms with van der Waals surface area (Å²) in [5.41, 5.74) is 1.57. The lowest BCUT2D eigenvalue weighted by Crippen LogP contribution is -2.27. The molecule has 0 saturated carbocycles. The maximum absolute atomic E-state index is 12.2. The van der Waals surface area contributed by atoms with Gasteiger partial charge < -0.3 is 9.84 Å². The predicted octanol–water partition coefficient (Wildman–Crippen LogP) is 4.71. The maximum Gasteiger partial charge on any atom is 0.418 e. The highest BCUT2D eigenvalue weighted by Gasteiger charge is 2.21. The van der Waals surface area contributed by atoms with Crippen LogP contribution in [0.4, 0.5) is 4.79 Å². The maximum atomic E-state index is 12.2. The van der Waals surface area contributed by atoms with Crippen LogP contribution in [0.2, 0.25) is 0 Å². The third kappa shape index (κ3) is 3.47. The second-order valence-corrected chi connectivity index (χ2v) is 6.74. The molecule has 0 saturated heterocycles. The van der Waals surface area contributed by atoms with Crippen LogP contribution in [0.25, 0.3) is 11.3 Å². The van der Waals surface area contributed by atoms with Crippen LogP contribution >= 0.6 is 15.9 Å². The summed E-state index contributed by atoms with van der Waals surface area (Å²) < 4.78 is 7.36. The van der Waals surface area contributed by atoms with Gasteiger partial charge in [0.2, 0.25) is 0 Å². The summed E-state index contributed by atoms with van der Waals surface area (Å²) in [6, 6.07) is 7.16. The van der Waals surface area contributed by atoms with Crippen molar-refractivity contribution in [3.05, 3.63) is 40.5 Å². The fraction of sp³-hybridized carbons (Fsp3) is 0.312. The number of nitrogens with zero attached hydrogens (tertiary/aromatic N) is 1. The van der Waals surface area contributed by atoms with Gasteiger partial charge in [-0.15, -0.1) is 0 Å². The summed E-state index contributed by atoms with van der Waals surface area (Å²) >= 11 is 3.32. The predicted molar refractivity (Wildman–Crippen MR) is 85.6 cm³/mol. The van der Waals surface area contributed by atoms with Gasteiger partial charge in [-0.3, -0.25) is 4.57 Å². The molecular formula is C16H18BrNO3. The van der Waals surface area contributed by atoms with E-state index in [1.807, 2.05) is 39.8 Å². The average Bonchev–Trinajstić information content (AvgIpc) is 2.80. The van der Waals surface area contributed by atoms with E-state index in [0.717, 1.165) is 5.56 Å². The molecule has 0 aliphatic heterocycles. The number of hydrogen-bond acceptors (Lipinski definition) is 3. The lowest BCUT2D eigenvalue weighted by Gasteiger charge is -2.20. The molecule has 0 radical (unpaired) electrons. The first-order chi connectivity index (χ1) is 9.69. The van der Waals surface area contributed by atoms with Crippen LogP contribution in [0, 0.1) is 6.92 Å². The van der Waals surface area contributed by atoms with Crippen molar-refractivity contribution in [2.24, 2.45) is 0 Å². The Kier molecular flexibility index (Phi) is 4.14. The van der Waals surface area contributed by atoms with Gasteiger partial charge in [-0.1, -0.05) is 0 Å². The van der Waals surface area contributed by atoms with Crippen molar-refractivity contribution in [1.82, 2.24) is 4.57 Å². The van der Waals surface area contributed by atoms with Crippen molar-refractivity contribution < 1.29 is 14.6 Å². The molecule has 112 valence electrons. The van der Waals surface area contributed by atoms with Gasteiger partial charge >= 0.3 is 6.09 Å². The molecule has 21 heavy (non-hydrogen) atoms. The smallest absolute Gasteiger partial charge is 0.418 e. The molecule has 4 nitrogen and oxygen atoms in total. The van der Waals surface area contributed by atoms with Crippen molar-refractivity contribution >= 4 is 22.0 Å². The molecule has 0 fully saturated rings. The normalized spacial score (nSPS) is 11.5. The molecule has 1 N–H and O–H groups in total. The zero-order valence-corrected chi connectivity index (χ0v) is 14.1. The molecule has 0 unspecified atom stereocenters. The molecule has 0 atom stereocenters. The Balaban J connectivity index is 2.49. The Morgan fingerprint density at radius 2 is 2.00 bits per heavy atom. The third-order valence-electron chi connectivity index (χ3n) is 2.82. The number of carbonyl (C=O) groups excluding carboxylic acids is 1. The number of aryl methyl sites for hydroxylation is 1. The van der Waals surface area contributed by atoms with E-state index in [1.165, 1.54) is 4.57 Å². The minimum absolute atomic E-state index is 0.101. The van der Waals surface area contributed by atoms with Crippen LogP contribution < -0.4 is 0 Å². The van der Waals surface area contributed by atoms with Gasteiger partial charge in [-0.25, -0.2) is 4.79 Å². The van der Waals surface area contributed by atoms with Crippen LogP contribution in [0.3, 0.4) is 0 Å². The van der Waals surface area contributed by atoms with Crippen molar-refractivity contribution in [3.63, 3.8) is 0 Å². The molecular weight excluding hydrogens is 334 g/mol. The highest BCUT2D eigenvalue weighted by atomic mass is 79.9. The number of phenols is 1. The van der Waals surface area contributed by atoms with Crippen molar-refractivity contribution in [2.45, 2.75) is 33.3 Å². The molecule has 2 rings (SSSR count). The molecule has 1 heterocycles. The van der Waals surface area contributed by atoms with Gasteiger partial charge in [-0.05, 0) is 73.5 Å². The molecule has 0 amide bonds. The Morgan fingerprint density at radius 1 is 1.33 bits per heavy atom. The van der Waals surface area contributed by atoms with Gasteiger partial charge in [0.05, 0.1) is 10.2 Å². The summed E-state index contributed by atoms with van der Waals surface area (Å²) in [7, 11) is 0. The Hall–Kier alpha value is -1.75. The number of aromatic hydroxyl groups is 1. The SMILES string of the molecule is Cc1cc(Br)c(O)c(-c2cccn2C(=O)OC(C)(C)C)c1. The number of halogens is 1. The highest BCUT2D eigenvalue weighted by Crippen LogP contribution is 2.37. The topological polar surface area (TPSA) is 51.5 Å². The number of rotatable bonds is 1. The van der Waals surface area contributed by atoms with Crippen molar-refractivity contribution in [1.29, 1.82) is 0 Å². The van der Waals surface area contributed by atoms with Crippen LogP contribution in [0.5, 0.6) is 5.75 Å². The lowest BCUT2D eigenvalue weighted by molar-refractivity contribution is 0.0540. The molecule has 1 aromatic carbocycles. The highest BCUT2D eigenvalue weighted by molar-refractivity contribution is 9.10. The molecule has 2 aromatic rings. The second kappa shape index (κ2) is 5.56. The van der Waals surface area contributed by atoms with E-state index in [9.17, 15) is 9.90 Å². The number of benzene rings is 1. The van der Waals surface area contributed by atoms with Gasteiger partial charge in [-0.2, -0.15) is 0 Å². The van der Waals surface area contributed by atoms with E-state index < -0.39 is 11.7 Å². The fourth-order valence-corrected chi connectivity index (χ4v) is 2.58. The first-order valence-electron chi connectivity index (χ1n) is 6.59. The average molecular weight is 352 g/mol. The summed E-state index contributed by atoms with van der Waals surface area (Å²) in [5, 5.41) is 10.2. The third-order valence-corrected chi connectivity index (χ3v) is 3.43. The van der Waals surface area contributed by atoms with E-state index in [0.29, 0.717) is 15.7 Å². The number of carbonyl (C=O) groups is 1. The van der Waals surface area contributed by atoms with Crippen molar-refractivity contribution in [2.75, 3.05) is 0 Å². The van der Waals surface area contributed by atoms with E-state index >= 15 is 0 Å². The van der Waals surface area contributed by atoms with E-state index in [4.69, 9.17) is 4.74 Å². The summed E-state index contributed by atoms with van der Waals surface area (Å²) in [6.07, 6.45) is 1.15. The molecule has 5 heteroatoms. The molecule has 1 aromatic heterocycles. The summed E-state index contributed by atoms with van der Waals surface area (Å²) in [5.74, 6) is 0.101. The molecule has 0 spiro atoms. The van der Waals surface area contributed by atoms with E-state index in [2.05, 4.69) is 15.9 Å². The summed E-state index contributed by atoms with van der Waals surface area (Å²) in [6.45, 7) is 7.37. The largest absolute Gasteiger partial charge is 0.506 e. The van der Waals surface area contributed by atoms with Crippen LogP contribution in [0.1, 0.15) is 26.3 Å². The number of aromatic nitrogens is 1. The standard InChI is InChI=1S/C16H18BrNO3/c1-10-8-11(14(19)12(17)9-10)13-6-5-7-18(13)15(20)21-16(2,3)4/h5-9,19H,1-4H3. The first kappa shape index (κ1) is 15.6. The van der Waals surface area contributed by atoms with Gasteiger partial charge in [0, 0.05) is 11.8 Å². The minimum Gasteiger partial charge on any atom is -0.506 e. The number of ether oxygens (including phenoxy) is 1. The Labute approximate surface area is 132 Å². The second-order valence-electron chi connectivity index (χ2n) is 5.89. The zero-order chi connectivity index (χ0) is 15.8. The molecule has 0 bridgehead atoms. The quantitative estimate of drug-likeness (QED) is 0.808. The first-order valence-corrected chi connectivity index (χ1v) is 7.38. The Morgan fingerprint density at radius 3 is 2.62 bits per heavy atom. The molecule has 0 aliphatic carbocycles. The molecule has 0 aliphatic rings. The van der Waals surface area contributed by atoms with Crippen LogP contribution in [0.15, 0.2) is 34.9 Å². The Bertz CT molecular complexity index is 683. The van der Waals surface area contributed by atoms with Crippen molar-refractivity contribution in [3.8, 4) is 17.0 Å².